The minimum absolute atomic E-state index is 0.0474. The highest BCUT2D eigenvalue weighted by Gasteiger charge is 2.43. The first-order valence-corrected chi connectivity index (χ1v) is 8.29. The molecule has 1 aromatic carbocycles. The zero-order chi connectivity index (χ0) is 16.9. The van der Waals surface area contributed by atoms with Gasteiger partial charge >= 0.3 is 0 Å². The maximum atomic E-state index is 13.0. The Morgan fingerprint density at radius 3 is 2.52 bits per heavy atom. The van der Waals surface area contributed by atoms with Crippen molar-refractivity contribution >= 4 is 5.91 Å². The number of amides is 1. The van der Waals surface area contributed by atoms with Crippen LogP contribution >= 0.6 is 0 Å². The van der Waals surface area contributed by atoms with Gasteiger partial charge in [-0.3, -0.25) is 4.79 Å². The van der Waals surface area contributed by atoms with Crippen LogP contribution < -0.4 is 0 Å². The summed E-state index contributed by atoms with van der Waals surface area (Å²) in [6, 6.07) is 6.97. The van der Waals surface area contributed by atoms with E-state index >= 15 is 0 Å². The molecule has 0 radical (unpaired) electrons. The van der Waals surface area contributed by atoms with E-state index in [0.29, 0.717) is 6.54 Å². The van der Waals surface area contributed by atoms with Crippen LogP contribution in [0, 0.1) is 5.82 Å². The Morgan fingerprint density at radius 2 is 2.00 bits per heavy atom. The molecular weight excluding hydrogens is 289 g/mol. The highest BCUT2D eigenvalue weighted by Crippen LogP contribution is 2.51. The number of nitrogens with zero attached hydrogens (tertiary/aromatic N) is 1. The summed E-state index contributed by atoms with van der Waals surface area (Å²) in [6.45, 7) is 7.91. The van der Waals surface area contributed by atoms with Crippen molar-refractivity contribution in [2.24, 2.45) is 0 Å². The molecule has 0 N–H and O–H groups in total. The molecule has 1 aliphatic rings. The third-order valence-electron chi connectivity index (χ3n) is 4.81. The minimum Gasteiger partial charge on any atom is -0.333 e. The maximum Gasteiger partial charge on any atom is 0.220 e. The standard InChI is InChI=1S/C20H26FNO/c1-4-16(2)22(17(3)23)15-7-5-6-12-20(13-14-20)18-8-10-19(21)11-9-18/h4-5,7-11,16H,1,6,12-15H2,2-3H3/b7-5+. The molecule has 1 unspecified atom stereocenters. The molecule has 23 heavy (non-hydrogen) atoms. The summed E-state index contributed by atoms with van der Waals surface area (Å²) in [5, 5.41) is 0. The van der Waals surface area contributed by atoms with Gasteiger partial charge in [-0.05, 0) is 55.7 Å². The Bertz CT molecular complexity index is 572. The van der Waals surface area contributed by atoms with Gasteiger partial charge in [0.15, 0.2) is 0 Å². The molecule has 1 saturated carbocycles. The topological polar surface area (TPSA) is 20.3 Å². The van der Waals surface area contributed by atoms with Crippen LogP contribution in [0.4, 0.5) is 4.39 Å². The van der Waals surface area contributed by atoms with Gasteiger partial charge in [-0.2, -0.15) is 0 Å². The zero-order valence-corrected chi connectivity index (χ0v) is 14.1. The van der Waals surface area contributed by atoms with Crippen molar-refractivity contribution in [1.82, 2.24) is 4.90 Å². The van der Waals surface area contributed by atoms with Crippen LogP contribution in [0.25, 0.3) is 0 Å². The predicted octanol–water partition coefficient (Wildman–Crippen LogP) is 4.62. The molecule has 0 heterocycles. The van der Waals surface area contributed by atoms with Gasteiger partial charge in [-0.15, -0.1) is 6.58 Å². The summed E-state index contributed by atoms with van der Waals surface area (Å²) in [4.78, 5) is 13.4. The molecule has 1 fully saturated rings. The zero-order valence-electron chi connectivity index (χ0n) is 14.1. The third-order valence-corrected chi connectivity index (χ3v) is 4.81. The predicted molar refractivity (Wildman–Crippen MR) is 92.7 cm³/mol. The van der Waals surface area contributed by atoms with Crippen molar-refractivity contribution in [1.29, 1.82) is 0 Å². The second-order valence-corrected chi connectivity index (χ2v) is 6.44. The van der Waals surface area contributed by atoms with Crippen LogP contribution in [0.15, 0.2) is 49.1 Å². The van der Waals surface area contributed by atoms with Crippen molar-refractivity contribution in [2.75, 3.05) is 6.54 Å². The van der Waals surface area contributed by atoms with E-state index in [1.165, 1.54) is 18.4 Å². The number of allylic oxidation sites excluding steroid dienone is 1. The number of hydrogen-bond acceptors (Lipinski definition) is 1. The average molecular weight is 315 g/mol. The molecule has 3 heteroatoms. The minimum atomic E-state index is -0.176. The Morgan fingerprint density at radius 1 is 1.35 bits per heavy atom. The summed E-state index contributed by atoms with van der Waals surface area (Å²) in [7, 11) is 0. The molecule has 0 aromatic heterocycles. The van der Waals surface area contributed by atoms with Crippen LogP contribution in [0.1, 0.15) is 45.1 Å². The Balaban J connectivity index is 1.83. The van der Waals surface area contributed by atoms with E-state index in [1.807, 2.05) is 19.1 Å². The van der Waals surface area contributed by atoms with E-state index in [2.05, 4.69) is 18.7 Å². The van der Waals surface area contributed by atoms with Gasteiger partial charge < -0.3 is 4.90 Å². The maximum absolute atomic E-state index is 13.0. The van der Waals surface area contributed by atoms with Gasteiger partial charge in [-0.1, -0.05) is 30.4 Å². The summed E-state index contributed by atoms with van der Waals surface area (Å²) < 4.78 is 13.0. The van der Waals surface area contributed by atoms with Crippen molar-refractivity contribution in [3.63, 3.8) is 0 Å². The van der Waals surface area contributed by atoms with Crippen molar-refractivity contribution in [3.05, 3.63) is 60.5 Å². The molecule has 1 atom stereocenters. The monoisotopic (exact) mass is 315 g/mol. The van der Waals surface area contributed by atoms with Crippen LogP contribution in [0.3, 0.4) is 0 Å². The SMILES string of the molecule is C=CC(C)N(C/C=C/CCC1(c2ccc(F)cc2)CC1)C(C)=O. The summed E-state index contributed by atoms with van der Waals surface area (Å²) in [5.74, 6) is -0.114. The van der Waals surface area contributed by atoms with E-state index in [4.69, 9.17) is 0 Å². The van der Waals surface area contributed by atoms with Crippen LogP contribution in [0.2, 0.25) is 0 Å². The molecule has 1 aliphatic carbocycles. The fraction of sp³-hybridized carbons (Fsp3) is 0.450. The van der Waals surface area contributed by atoms with Gasteiger partial charge in [0, 0.05) is 19.5 Å². The molecule has 0 spiro atoms. The molecule has 0 aliphatic heterocycles. The third kappa shape index (κ3) is 4.54. The second-order valence-electron chi connectivity index (χ2n) is 6.44. The number of benzene rings is 1. The van der Waals surface area contributed by atoms with E-state index in [9.17, 15) is 9.18 Å². The first-order chi connectivity index (χ1) is 11.0. The van der Waals surface area contributed by atoms with E-state index in [1.54, 1.807) is 30.0 Å². The lowest BCUT2D eigenvalue weighted by atomic mass is 9.91. The molecule has 1 aromatic rings. The van der Waals surface area contributed by atoms with Gasteiger partial charge in [0.2, 0.25) is 5.91 Å². The van der Waals surface area contributed by atoms with Crippen molar-refractivity contribution < 1.29 is 9.18 Å². The van der Waals surface area contributed by atoms with Gasteiger partial charge in [0.25, 0.3) is 0 Å². The highest BCUT2D eigenvalue weighted by molar-refractivity contribution is 5.74. The quantitative estimate of drug-likeness (QED) is 0.641. The lowest BCUT2D eigenvalue weighted by molar-refractivity contribution is -0.129. The number of halogens is 1. The molecule has 0 bridgehead atoms. The molecular formula is C20H26FNO. The Labute approximate surface area is 138 Å². The fourth-order valence-corrected chi connectivity index (χ4v) is 3.01. The van der Waals surface area contributed by atoms with E-state index in [0.717, 1.165) is 12.8 Å². The van der Waals surface area contributed by atoms with Crippen LogP contribution in [-0.4, -0.2) is 23.4 Å². The lowest BCUT2D eigenvalue weighted by Crippen LogP contribution is -2.35. The van der Waals surface area contributed by atoms with Gasteiger partial charge in [-0.25, -0.2) is 4.39 Å². The average Bonchev–Trinajstić information content (AvgIpc) is 3.31. The number of hydrogen-bond donors (Lipinski definition) is 0. The summed E-state index contributed by atoms with van der Waals surface area (Å²) in [6.07, 6.45) is 10.4. The second kappa shape index (κ2) is 7.58. The first kappa shape index (κ1) is 17.5. The van der Waals surface area contributed by atoms with Crippen LogP contribution in [-0.2, 0) is 10.2 Å². The smallest absolute Gasteiger partial charge is 0.220 e. The number of carbonyl (C=O) groups excluding carboxylic acids is 1. The fourth-order valence-electron chi connectivity index (χ4n) is 3.01. The first-order valence-electron chi connectivity index (χ1n) is 8.29. The molecule has 2 nitrogen and oxygen atoms in total. The number of rotatable bonds is 8. The number of carbonyl (C=O) groups is 1. The van der Waals surface area contributed by atoms with E-state index in [-0.39, 0.29) is 23.2 Å². The molecule has 0 saturated heterocycles. The van der Waals surface area contributed by atoms with E-state index < -0.39 is 0 Å². The van der Waals surface area contributed by atoms with Crippen molar-refractivity contribution in [3.8, 4) is 0 Å². The molecule has 1 amide bonds. The van der Waals surface area contributed by atoms with Gasteiger partial charge in [0.05, 0.1) is 0 Å². The van der Waals surface area contributed by atoms with Gasteiger partial charge in [0.1, 0.15) is 5.82 Å². The normalized spacial score (nSPS) is 17.0. The lowest BCUT2D eigenvalue weighted by Gasteiger charge is -2.24. The highest BCUT2D eigenvalue weighted by atomic mass is 19.1. The summed E-state index contributed by atoms with van der Waals surface area (Å²) in [5.41, 5.74) is 1.49. The van der Waals surface area contributed by atoms with Crippen LogP contribution in [0.5, 0.6) is 0 Å². The Hall–Kier alpha value is -1.90. The molecule has 2 rings (SSSR count). The molecule has 124 valence electrons. The van der Waals surface area contributed by atoms with Crippen molar-refractivity contribution in [2.45, 2.75) is 51.0 Å². The largest absolute Gasteiger partial charge is 0.333 e. The Kier molecular flexibility index (Phi) is 5.75. The summed E-state index contributed by atoms with van der Waals surface area (Å²) >= 11 is 0.